The van der Waals surface area contributed by atoms with Crippen molar-refractivity contribution in [2.45, 2.75) is 25.9 Å². The molecular weight excluding hydrogens is 428 g/mol. The highest BCUT2D eigenvalue weighted by Gasteiger charge is 2.36. The van der Waals surface area contributed by atoms with Crippen LogP contribution >= 0.6 is 0 Å². The molecule has 1 saturated heterocycles. The number of aryl methyl sites for hydroxylation is 1. The average molecular weight is 455 g/mol. The van der Waals surface area contributed by atoms with Gasteiger partial charge in [-0.15, -0.1) is 0 Å². The maximum atomic E-state index is 13.5. The average Bonchev–Trinajstić information content (AvgIpc) is 3.10. The molecule has 1 fully saturated rings. The zero-order valence-corrected chi connectivity index (χ0v) is 19.2. The van der Waals surface area contributed by atoms with Gasteiger partial charge in [-0.2, -0.15) is 0 Å². The minimum atomic E-state index is -3.21. The fraction of sp³-hybridized carbons (Fsp3) is 0.333. The van der Waals surface area contributed by atoms with Crippen LogP contribution in [0.5, 0.6) is 0 Å². The summed E-state index contributed by atoms with van der Waals surface area (Å²) in [5.74, 6) is -0.612. The molecule has 4 rings (SSSR count). The molecule has 1 aliphatic rings. The van der Waals surface area contributed by atoms with E-state index in [2.05, 4.69) is 0 Å². The summed E-state index contributed by atoms with van der Waals surface area (Å²) in [6, 6.07) is 13.7. The third-order valence-corrected chi connectivity index (χ3v) is 7.56. The van der Waals surface area contributed by atoms with Crippen LogP contribution in [0.15, 0.2) is 57.7 Å². The van der Waals surface area contributed by atoms with Crippen molar-refractivity contribution in [1.29, 1.82) is 0 Å². The number of anilines is 1. The van der Waals surface area contributed by atoms with Crippen LogP contribution in [0.25, 0.3) is 11.0 Å². The molecular formula is C24H26N2O5S. The van der Waals surface area contributed by atoms with Crippen LogP contribution in [-0.2, 0) is 16.4 Å². The Hall–Kier alpha value is -3.13. The number of carbonyl (C=O) groups is 1. The lowest BCUT2D eigenvalue weighted by atomic mass is 10.1. The van der Waals surface area contributed by atoms with Crippen molar-refractivity contribution in [3.05, 3.63) is 75.6 Å². The third kappa shape index (κ3) is 4.55. The van der Waals surface area contributed by atoms with Gasteiger partial charge in [0.05, 0.1) is 16.9 Å². The van der Waals surface area contributed by atoms with E-state index >= 15 is 0 Å². The molecule has 3 aromatic rings. The van der Waals surface area contributed by atoms with Gasteiger partial charge in [0, 0.05) is 38.4 Å². The molecule has 1 atom stereocenters. The molecule has 0 bridgehead atoms. The summed E-state index contributed by atoms with van der Waals surface area (Å²) in [7, 11) is 0.676. The topological polar surface area (TPSA) is 87.9 Å². The standard InChI is InChI=1S/C24H26N2O5S/c1-16-4-9-20-21(27)13-23(31-22(20)12-16)24(28)26(19-10-11-32(29,30)15-19)14-17-5-7-18(8-6-17)25(2)3/h4-9,12-13,19H,10-11,14-15H2,1-3H3/t19-/m0/s1. The maximum absolute atomic E-state index is 13.5. The van der Waals surface area contributed by atoms with Crippen LogP contribution in [0.2, 0.25) is 0 Å². The fourth-order valence-corrected chi connectivity index (χ4v) is 5.72. The summed E-state index contributed by atoms with van der Waals surface area (Å²) in [6.07, 6.45) is 0.362. The summed E-state index contributed by atoms with van der Waals surface area (Å²) in [4.78, 5) is 29.6. The van der Waals surface area contributed by atoms with Gasteiger partial charge in [0.1, 0.15) is 5.58 Å². The number of carbonyl (C=O) groups excluding carboxylic acids is 1. The predicted octanol–water partition coefficient (Wildman–Crippen LogP) is 3.00. The van der Waals surface area contributed by atoms with Crippen LogP contribution in [0, 0.1) is 6.92 Å². The second-order valence-corrected chi connectivity index (χ2v) is 10.8. The highest BCUT2D eigenvalue weighted by atomic mass is 32.2. The van der Waals surface area contributed by atoms with E-state index in [9.17, 15) is 18.0 Å². The van der Waals surface area contributed by atoms with Gasteiger partial charge in [-0.05, 0) is 48.7 Å². The Bertz CT molecular complexity index is 1330. The Balaban J connectivity index is 1.71. The van der Waals surface area contributed by atoms with Crippen molar-refractivity contribution in [3.8, 4) is 0 Å². The van der Waals surface area contributed by atoms with Crippen molar-refractivity contribution >= 4 is 32.4 Å². The molecule has 0 radical (unpaired) electrons. The van der Waals surface area contributed by atoms with Gasteiger partial charge in [0.25, 0.3) is 5.91 Å². The Morgan fingerprint density at radius 1 is 1.09 bits per heavy atom. The van der Waals surface area contributed by atoms with Crippen LogP contribution in [-0.4, -0.2) is 50.9 Å². The van der Waals surface area contributed by atoms with Gasteiger partial charge < -0.3 is 14.2 Å². The summed E-state index contributed by atoms with van der Waals surface area (Å²) >= 11 is 0. The molecule has 0 spiro atoms. The van der Waals surface area contributed by atoms with Crippen molar-refractivity contribution in [2.24, 2.45) is 0 Å². The van der Waals surface area contributed by atoms with E-state index in [4.69, 9.17) is 4.42 Å². The largest absolute Gasteiger partial charge is 0.451 e. The van der Waals surface area contributed by atoms with Gasteiger partial charge in [0.15, 0.2) is 21.0 Å². The minimum Gasteiger partial charge on any atom is -0.451 e. The molecule has 1 amide bonds. The molecule has 32 heavy (non-hydrogen) atoms. The van der Waals surface area contributed by atoms with Gasteiger partial charge >= 0.3 is 0 Å². The van der Waals surface area contributed by atoms with E-state index in [0.29, 0.717) is 17.4 Å². The van der Waals surface area contributed by atoms with E-state index in [1.165, 1.54) is 11.0 Å². The van der Waals surface area contributed by atoms with Gasteiger partial charge in [-0.25, -0.2) is 8.42 Å². The number of nitrogens with zero attached hydrogens (tertiary/aromatic N) is 2. The van der Waals surface area contributed by atoms with Gasteiger partial charge in [0.2, 0.25) is 0 Å². The molecule has 168 valence electrons. The molecule has 2 heterocycles. The lowest BCUT2D eigenvalue weighted by Gasteiger charge is -2.28. The summed E-state index contributed by atoms with van der Waals surface area (Å²) in [5.41, 5.74) is 2.84. The van der Waals surface area contributed by atoms with Crippen LogP contribution in [0.1, 0.15) is 28.1 Å². The van der Waals surface area contributed by atoms with Crippen LogP contribution in [0.4, 0.5) is 5.69 Å². The van der Waals surface area contributed by atoms with Crippen LogP contribution < -0.4 is 10.3 Å². The number of rotatable bonds is 5. The highest BCUT2D eigenvalue weighted by Crippen LogP contribution is 2.24. The first-order chi connectivity index (χ1) is 15.1. The molecule has 1 aromatic heterocycles. The number of sulfone groups is 1. The fourth-order valence-electron chi connectivity index (χ4n) is 3.99. The van der Waals surface area contributed by atoms with Crippen LogP contribution in [0.3, 0.4) is 0 Å². The summed E-state index contributed by atoms with van der Waals surface area (Å²) in [6.45, 7) is 2.10. The quantitative estimate of drug-likeness (QED) is 0.589. The van der Waals surface area contributed by atoms with Crippen molar-refractivity contribution in [1.82, 2.24) is 4.90 Å². The highest BCUT2D eigenvalue weighted by molar-refractivity contribution is 7.91. The Labute approximate surface area is 187 Å². The Kier molecular flexibility index (Phi) is 5.81. The first-order valence-electron chi connectivity index (χ1n) is 10.5. The molecule has 0 N–H and O–H groups in total. The van der Waals surface area contributed by atoms with Crippen molar-refractivity contribution in [2.75, 3.05) is 30.5 Å². The van der Waals surface area contributed by atoms with E-state index in [-0.39, 0.29) is 29.2 Å². The molecule has 2 aromatic carbocycles. The molecule has 8 heteroatoms. The monoisotopic (exact) mass is 454 g/mol. The Morgan fingerprint density at radius 3 is 2.44 bits per heavy atom. The summed E-state index contributed by atoms with van der Waals surface area (Å²) < 4.78 is 30.1. The van der Waals surface area contributed by atoms with Gasteiger partial charge in [-0.1, -0.05) is 18.2 Å². The summed E-state index contributed by atoms with van der Waals surface area (Å²) in [5, 5.41) is 0.404. The maximum Gasteiger partial charge on any atom is 0.290 e. The molecule has 0 unspecified atom stereocenters. The van der Waals surface area contributed by atoms with Crippen molar-refractivity contribution in [3.63, 3.8) is 0 Å². The van der Waals surface area contributed by atoms with E-state index in [1.54, 1.807) is 12.1 Å². The lowest BCUT2D eigenvalue weighted by Crippen LogP contribution is -2.40. The van der Waals surface area contributed by atoms with E-state index in [1.807, 2.05) is 56.3 Å². The Morgan fingerprint density at radius 2 is 1.81 bits per heavy atom. The molecule has 0 saturated carbocycles. The third-order valence-electron chi connectivity index (χ3n) is 5.81. The second-order valence-electron chi connectivity index (χ2n) is 8.53. The predicted molar refractivity (Wildman–Crippen MR) is 125 cm³/mol. The van der Waals surface area contributed by atoms with Crippen molar-refractivity contribution < 1.29 is 17.6 Å². The minimum absolute atomic E-state index is 0.0435. The first-order valence-corrected chi connectivity index (χ1v) is 12.3. The van der Waals surface area contributed by atoms with E-state index < -0.39 is 21.8 Å². The normalized spacial score (nSPS) is 17.4. The zero-order chi connectivity index (χ0) is 23.0. The van der Waals surface area contributed by atoms with E-state index in [0.717, 1.165) is 16.8 Å². The molecule has 1 aliphatic heterocycles. The van der Waals surface area contributed by atoms with Gasteiger partial charge in [-0.3, -0.25) is 9.59 Å². The number of fused-ring (bicyclic) bond motifs is 1. The first kappa shape index (κ1) is 22.1. The zero-order valence-electron chi connectivity index (χ0n) is 18.4. The molecule has 0 aliphatic carbocycles. The number of amides is 1. The smallest absolute Gasteiger partial charge is 0.290 e. The number of hydrogen-bond acceptors (Lipinski definition) is 6. The molecule has 7 nitrogen and oxygen atoms in total. The lowest BCUT2D eigenvalue weighted by molar-refractivity contribution is 0.0648. The SMILES string of the molecule is Cc1ccc2c(=O)cc(C(=O)N(Cc3ccc(N(C)C)cc3)[C@H]3CCS(=O)(=O)C3)oc2c1. The second kappa shape index (κ2) is 8.43. The number of hydrogen-bond donors (Lipinski definition) is 0. The number of benzene rings is 2.